The molecule has 2 aromatic heterocycles. The number of thioether (sulfide) groups is 2. The number of nitrogens with zero attached hydrogens (tertiary/aromatic N) is 6. The molecule has 2 N–H and O–H groups in total. The van der Waals surface area contributed by atoms with Gasteiger partial charge >= 0.3 is 0 Å². The molecule has 2 fully saturated rings. The van der Waals surface area contributed by atoms with E-state index in [0.29, 0.717) is 22.1 Å². The Hall–Kier alpha value is -2.38. The fraction of sp³-hybridized carbons (Fsp3) is 0.500. The predicted octanol–water partition coefficient (Wildman–Crippen LogP) is 4.08. The zero-order chi connectivity index (χ0) is 30.6. The van der Waals surface area contributed by atoms with Crippen LogP contribution in [0.1, 0.15) is 50.6 Å². The highest BCUT2D eigenvalue weighted by Crippen LogP contribution is 2.42. The van der Waals surface area contributed by atoms with Crippen LogP contribution < -0.4 is 10.6 Å². The van der Waals surface area contributed by atoms with Crippen LogP contribution in [-0.4, -0.2) is 75.6 Å². The van der Waals surface area contributed by atoms with Crippen LogP contribution >= 0.6 is 70.6 Å². The molecule has 0 spiro atoms. The molecule has 0 bridgehead atoms. The minimum absolute atomic E-state index is 0.0114. The van der Waals surface area contributed by atoms with Crippen molar-refractivity contribution in [2.45, 2.75) is 53.4 Å². The second-order valence-corrected chi connectivity index (χ2v) is 15.5. The lowest BCUT2D eigenvalue weighted by atomic mass is 10.1. The van der Waals surface area contributed by atoms with Crippen molar-refractivity contribution in [2.75, 3.05) is 23.7 Å². The van der Waals surface area contributed by atoms with E-state index >= 15 is 0 Å². The number of amides is 4. The van der Waals surface area contributed by atoms with Gasteiger partial charge in [0.1, 0.15) is 18.7 Å². The Kier molecular flexibility index (Phi) is 11.1. The second kappa shape index (κ2) is 14.4. The summed E-state index contributed by atoms with van der Waals surface area (Å²) in [4.78, 5) is 54.3. The summed E-state index contributed by atoms with van der Waals surface area (Å²) < 4.78 is 0.493. The van der Waals surface area contributed by atoms with E-state index in [-0.39, 0.29) is 56.2 Å². The molecule has 4 rings (SSSR count). The number of rotatable bonds is 12. The lowest BCUT2D eigenvalue weighted by molar-refractivity contribution is -0.125. The van der Waals surface area contributed by atoms with Crippen LogP contribution in [0.2, 0.25) is 0 Å². The number of thiocarbonyl (C=S) groups is 2. The first-order valence-electron chi connectivity index (χ1n) is 13.0. The molecule has 0 unspecified atom stereocenters. The largest absolute Gasteiger partial charge is 0.300 e. The molecule has 4 heterocycles. The van der Waals surface area contributed by atoms with Crippen LogP contribution in [0, 0.1) is 11.8 Å². The maximum atomic E-state index is 13.2. The highest BCUT2D eigenvalue weighted by Gasteiger charge is 2.42. The zero-order valence-corrected chi connectivity index (χ0v) is 28.1. The quantitative estimate of drug-likeness (QED) is 0.245. The van der Waals surface area contributed by atoms with E-state index in [1.54, 1.807) is 0 Å². The minimum Gasteiger partial charge on any atom is -0.300 e. The van der Waals surface area contributed by atoms with Crippen molar-refractivity contribution >= 4 is 113 Å². The van der Waals surface area contributed by atoms with Gasteiger partial charge in [-0.2, -0.15) is 0 Å². The number of hydrogen-bond acceptors (Lipinski definition) is 14. The summed E-state index contributed by atoms with van der Waals surface area (Å²) in [7, 11) is 0. The SMILES string of the molecule is CC(C)Cc1nnc(NC(=O)CCN2C(=O)/C(=C3\SC(=S)N(CCC(=O)Nc4nnc(CC(C)C)s4)C3=O)SC2=S)s1. The van der Waals surface area contributed by atoms with E-state index in [2.05, 4.69) is 58.7 Å². The summed E-state index contributed by atoms with van der Waals surface area (Å²) in [5, 5.41) is 24.0. The summed E-state index contributed by atoms with van der Waals surface area (Å²) in [6, 6.07) is 0. The topological polar surface area (TPSA) is 150 Å². The summed E-state index contributed by atoms with van der Waals surface area (Å²) in [6.45, 7) is 8.38. The van der Waals surface area contributed by atoms with Crippen molar-refractivity contribution < 1.29 is 19.2 Å². The monoisotopic (exact) mass is 684 g/mol. The van der Waals surface area contributed by atoms with Crippen molar-refractivity contribution in [1.29, 1.82) is 0 Å². The third-order valence-electron chi connectivity index (χ3n) is 5.62. The highest BCUT2D eigenvalue weighted by atomic mass is 32.2. The van der Waals surface area contributed by atoms with Gasteiger partial charge in [0.15, 0.2) is 0 Å². The van der Waals surface area contributed by atoms with Crippen molar-refractivity contribution in [3.05, 3.63) is 19.8 Å². The molecular formula is C24H28N8O4S6. The molecule has 2 aliphatic rings. The molecule has 0 aromatic carbocycles. The van der Waals surface area contributed by atoms with Gasteiger partial charge in [0, 0.05) is 38.8 Å². The molecule has 12 nitrogen and oxygen atoms in total. The van der Waals surface area contributed by atoms with Gasteiger partial charge < -0.3 is 10.6 Å². The second-order valence-electron chi connectivity index (χ2n) is 10.1. The number of carbonyl (C=O) groups excluding carboxylic acids is 4. The van der Waals surface area contributed by atoms with E-state index in [4.69, 9.17) is 24.4 Å². The average Bonchev–Trinajstić information content (AvgIpc) is 3.65. The Morgan fingerprint density at radius 3 is 1.45 bits per heavy atom. The molecule has 0 aliphatic carbocycles. The Bertz CT molecular complexity index is 1350. The molecule has 4 amide bonds. The van der Waals surface area contributed by atoms with Crippen LogP contribution in [0.15, 0.2) is 9.81 Å². The lowest BCUT2D eigenvalue weighted by Gasteiger charge is -2.14. The first-order chi connectivity index (χ1) is 19.9. The number of nitrogens with one attached hydrogen (secondary N) is 2. The van der Waals surface area contributed by atoms with Crippen molar-refractivity contribution in [3.63, 3.8) is 0 Å². The molecule has 0 radical (unpaired) electrons. The summed E-state index contributed by atoms with van der Waals surface area (Å²) in [5.41, 5.74) is 0. The van der Waals surface area contributed by atoms with Gasteiger partial charge in [-0.05, 0) is 11.8 Å². The summed E-state index contributed by atoms with van der Waals surface area (Å²) in [5.74, 6) is -0.731. The van der Waals surface area contributed by atoms with Gasteiger partial charge in [-0.1, -0.05) is 98.3 Å². The van der Waals surface area contributed by atoms with E-state index in [9.17, 15) is 19.2 Å². The van der Waals surface area contributed by atoms with Crippen LogP contribution in [-0.2, 0) is 32.0 Å². The maximum Gasteiger partial charge on any atom is 0.267 e. The molecule has 42 heavy (non-hydrogen) atoms. The molecule has 2 aliphatic heterocycles. The number of carbonyl (C=O) groups is 4. The standard InChI is InChI=1S/C24H28N8O4S6/c1-11(2)9-15-27-29-21(39-15)25-13(33)5-7-31-19(35)17(41-23(31)37)18-20(36)32(24(38)42-18)8-6-14(34)26-22-30-28-16(40-22)10-12(3)4/h11-12H,5-10H2,1-4H3,(H,25,29,33)(H,26,30,34)/b18-17+. The van der Waals surface area contributed by atoms with E-state index < -0.39 is 11.8 Å². The van der Waals surface area contributed by atoms with Crippen LogP contribution in [0.4, 0.5) is 10.3 Å². The Labute approximate surface area is 269 Å². The van der Waals surface area contributed by atoms with Gasteiger partial charge in [0.2, 0.25) is 22.1 Å². The highest BCUT2D eigenvalue weighted by molar-refractivity contribution is 8.29. The van der Waals surface area contributed by atoms with Crippen molar-refractivity contribution in [2.24, 2.45) is 11.8 Å². The Balaban J connectivity index is 1.30. The lowest BCUT2D eigenvalue weighted by Crippen LogP contribution is -2.33. The molecule has 224 valence electrons. The fourth-order valence-corrected chi connectivity index (χ4v) is 8.43. The van der Waals surface area contributed by atoms with E-state index in [1.807, 2.05) is 0 Å². The van der Waals surface area contributed by atoms with E-state index in [0.717, 1.165) is 46.4 Å². The van der Waals surface area contributed by atoms with Crippen LogP contribution in [0.25, 0.3) is 0 Å². The minimum atomic E-state index is -0.459. The molecular weight excluding hydrogens is 657 g/mol. The molecule has 18 heteroatoms. The predicted molar refractivity (Wildman–Crippen MR) is 174 cm³/mol. The van der Waals surface area contributed by atoms with Crippen molar-refractivity contribution in [1.82, 2.24) is 30.2 Å². The normalized spacial score (nSPS) is 17.4. The van der Waals surface area contributed by atoms with Gasteiger partial charge in [0.25, 0.3) is 11.8 Å². The van der Waals surface area contributed by atoms with Gasteiger partial charge in [0.05, 0.1) is 9.81 Å². The third kappa shape index (κ3) is 8.37. The molecule has 0 atom stereocenters. The Morgan fingerprint density at radius 2 is 1.10 bits per heavy atom. The molecule has 2 saturated heterocycles. The van der Waals surface area contributed by atoms with Gasteiger partial charge in [-0.25, -0.2) is 0 Å². The average molecular weight is 685 g/mol. The number of hydrogen-bond donors (Lipinski definition) is 2. The van der Waals surface area contributed by atoms with Gasteiger partial charge in [-0.15, -0.1) is 20.4 Å². The van der Waals surface area contributed by atoms with Crippen LogP contribution in [0.3, 0.4) is 0 Å². The number of anilines is 2. The van der Waals surface area contributed by atoms with Crippen LogP contribution in [0.5, 0.6) is 0 Å². The van der Waals surface area contributed by atoms with Gasteiger partial charge in [-0.3, -0.25) is 29.0 Å². The summed E-state index contributed by atoms with van der Waals surface area (Å²) in [6.07, 6.45) is 1.52. The third-order valence-corrected chi connectivity index (χ3v) is 10.4. The first kappa shape index (κ1) is 32.5. The first-order valence-corrected chi connectivity index (χ1v) is 17.1. The molecule has 2 aromatic rings. The molecule has 0 saturated carbocycles. The smallest absolute Gasteiger partial charge is 0.267 e. The van der Waals surface area contributed by atoms with Crippen molar-refractivity contribution in [3.8, 4) is 0 Å². The fourth-order valence-electron chi connectivity index (χ4n) is 3.72. The summed E-state index contributed by atoms with van der Waals surface area (Å²) >= 11 is 15.4. The zero-order valence-electron chi connectivity index (χ0n) is 23.2. The maximum absolute atomic E-state index is 13.2. The number of aromatic nitrogens is 4. The van der Waals surface area contributed by atoms with E-state index in [1.165, 1.54) is 32.5 Å². The Morgan fingerprint density at radius 1 is 0.714 bits per heavy atom.